The normalized spacial score (nSPS) is 23.8. The largest absolute Gasteiger partial charge is 0.480 e. The number of piperazine rings is 1. The second-order valence-electron chi connectivity index (χ2n) is 6.19. The van der Waals surface area contributed by atoms with E-state index in [1.54, 1.807) is 30.7 Å². The van der Waals surface area contributed by atoms with Gasteiger partial charge < -0.3 is 14.5 Å². The van der Waals surface area contributed by atoms with Gasteiger partial charge in [-0.3, -0.25) is 9.59 Å². The molecular formula is C16H20N2O3. The lowest BCUT2D eigenvalue weighted by Crippen LogP contribution is -2.65. The number of carbonyl (C=O) groups excluding carboxylic acids is 2. The van der Waals surface area contributed by atoms with Gasteiger partial charge in [-0.15, -0.1) is 0 Å². The van der Waals surface area contributed by atoms with Crippen molar-refractivity contribution in [3.05, 3.63) is 29.8 Å². The zero-order valence-corrected chi connectivity index (χ0v) is 12.6. The molecule has 0 bridgehead atoms. The number of para-hydroxylation sites is 1. The van der Waals surface area contributed by atoms with E-state index in [1.807, 2.05) is 24.3 Å². The minimum atomic E-state index is -0.817. The zero-order valence-electron chi connectivity index (χ0n) is 12.6. The summed E-state index contributed by atoms with van der Waals surface area (Å²) in [5.74, 6) is 0.643. The number of likely N-dealkylation sites (N-methyl/N-ethyl adjacent to an activating group) is 1. The fraction of sp³-hybridized carbons (Fsp3) is 0.500. The van der Waals surface area contributed by atoms with Crippen LogP contribution in [0.4, 0.5) is 0 Å². The molecule has 21 heavy (non-hydrogen) atoms. The molecular weight excluding hydrogens is 268 g/mol. The Morgan fingerprint density at radius 3 is 2.71 bits per heavy atom. The molecule has 1 fully saturated rings. The van der Waals surface area contributed by atoms with Gasteiger partial charge in [-0.2, -0.15) is 0 Å². The van der Waals surface area contributed by atoms with Crippen molar-refractivity contribution in [1.82, 2.24) is 9.80 Å². The van der Waals surface area contributed by atoms with E-state index in [1.165, 1.54) is 0 Å². The first-order valence-electron chi connectivity index (χ1n) is 7.23. The molecule has 112 valence electrons. The van der Waals surface area contributed by atoms with E-state index in [0.29, 0.717) is 19.5 Å². The molecule has 5 heteroatoms. The molecule has 0 N–H and O–H groups in total. The maximum absolute atomic E-state index is 12.8. The second-order valence-corrected chi connectivity index (χ2v) is 6.19. The highest BCUT2D eigenvalue weighted by Crippen LogP contribution is 2.31. The van der Waals surface area contributed by atoms with Gasteiger partial charge in [0.25, 0.3) is 5.91 Å². The molecule has 0 spiro atoms. The maximum Gasteiger partial charge on any atom is 0.264 e. The molecule has 0 aromatic heterocycles. The van der Waals surface area contributed by atoms with Gasteiger partial charge in [0, 0.05) is 26.6 Å². The van der Waals surface area contributed by atoms with Crippen LogP contribution >= 0.6 is 0 Å². The van der Waals surface area contributed by atoms with Gasteiger partial charge >= 0.3 is 0 Å². The predicted molar refractivity (Wildman–Crippen MR) is 78.0 cm³/mol. The van der Waals surface area contributed by atoms with Crippen LogP contribution in [0.5, 0.6) is 5.75 Å². The lowest BCUT2D eigenvalue weighted by atomic mass is 9.96. The van der Waals surface area contributed by atoms with E-state index in [-0.39, 0.29) is 11.8 Å². The monoisotopic (exact) mass is 288 g/mol. The Kier molecular flexibility index (Phi) is 3.15. The molecule has 2 aliphatic heterocycles. The minimum Gasteiger partial charge on any atom is -0.480 e. The van der Waals surface area contributed by atoms with Crippen molar-refractivity contribution < 1.29 is 14.3 Å². The third-order valence-electron chi connectivity index (χ3n) is 4.39. The summed E-state index contributed by atoms with van der Waals surface area (Å²) in [6.45, 7) is 4.70. The van der Waals surface area contributed by atoms with E-state index in [9.17, 15) is 9.59 Å². The SMILES string of the molecule is CN1CCN(C(=O)C2Cc3ccccc3O2)C(C)(C)C1=O. The van der Waals surface area contributed by atoms with Crippen molar-refractivity contribution in [2.75, 3.05) is 20.1 Å². The highest BCUT2D eigenvalue weighted by atomic mass is 16.5. The van der Waals surface area contributed by atoms with Crippen LogP contribution in [0, 0.1) is 0 Å². The first kappa shape index (κ1) is 13.9. The van der Waals surface area contributed by atoms with Crippen LogP contribution in [-0.2, 0) is 16.0 Å². The van der Waals surface area contributed by atoms with Crippen molar-refractivity contribution in [3.8, 4) is 5.75 Å². The van der Waals surface area contributed by atoms with Gasteiger partial charge in [0.1, 0.15) is 11.3 Å². The van der Waals surface area contributed by atoms with Crippen LogP contribution in [-0.4, -0.2) is 53.4 Å². The molecule has 0 aliphatic carbocycles. The highest BCUT2D eigenvalue weighted by Gasteiger charge is 2.46. The third kappa shape index (κ3) is 2.17. The molecule has 3 rings (SSSR count). The second kappa shape index (κ2) is 4.76. The maximum atomic E-state index is 12.8. The Labute approximate surface area is 124 Å². The van der Waals surface area contributed by atoms with E-state index >= 15 is 0 Å². The summed E-state index contributed by atoms with van der Waals surface area (Å²) in [5.41, 5.74) is 0.233. The van der Waals surface area contributed by atoms with E-state index in [2.05, 4.69) is 0 Å². The molecule has 2 amide bonds. The summed E-state index contributed by atoms with van der Waals surface area (Å²) in [7, 11) is 1.77. The first-order valence-corrected chi connectivity index (χ1v) is 7.23. The van der Waals surface area contributed by atoms with Gasteiger partial charge in [0.2, 0.25) is 5.91 Å². The van der Waals surface area contributed by atoms with Crippen molar-refractivity contribution in [2.45, 2.75) is 31.9 Å². The highest BCUT2D eigenvalue weighted by molar-refractivity contribution is 5.93. The number of fused-ring (bicyclic) bond motifs is 1. The number of carbonyl (C=O) groups is 2. The molecule has 1 aromatic carbocycles. The summed E-state index contributed by atoms with van der Waals surface area (Å²) < 4.78 is 5.76. The Balaban J connectivity index is 1.79. The summed E-state index contributed by atoms with van der Waals surface area (Å²) in [6, 6.07) is 7.69. The fourth-order valence-corrected chi connectivity index (χ4v) is 3.09. The van der Waals surface area contributed by atoms with Crippen LogP contribution < -0.4 is 4.74 Å². The van der Waals surface area contributed by atoms with Crippen molar-refractivity contribution in [1.29, 1.82) is 0 Å². The third-order valence-corrected chi connectivity index (χ3v) is 4.39. The van der Waals surface area contributed by atoms with Gasteiger partial charge in [-0.1, -0.05) is 18.2 Å². The average Bonchev–Trinajstić information content (AvgIpc) is 2.88. The predicted octanol–water partition coefficient (Wildman–Crippen LogP) is 1.07. The zero-order chi connectivity index (χ0) is 15.2. The lowest BCUT2D eigenvalue weighted by molar-refractivity contribution is -0.160. The van der Waals surface area contributed by atoms with Gasteiger partial charge in [-0.05, 0) is 25.5 Å². The number of nitrogens with zero attached hydrogens (tertiary/aromatic N) is 2. The van der Waals surface area contributed by atoms with Crippen LogP contribution in [0.15, 0.2) is 24.3 Å². The summed E-state index contributed by atoms with van der Waals surface area (Å²) in [6.07, 6.45) is 0.0592. The molecule has 2 aliphatic rings. The lowest BCUT2D eigenvalue weighted by Gasteiger charge is -2.45. The molecule has 1 unspecified atom stereocenters. The van der Waals surface area contributed by atoms with Crippen LogP contribution in [0.1, 0.15) is 19.4 Å². The summed E-state index contributed by atoms with van der Waals surface area (Å²) in [5, 5.41) is 0. The summed E-state index contributed by atoms with van der Waals surface area (Å²) >= 11 is 0. The number of hydrogen-bond donors (Lipinski definition) is 0. The molecule has 1 atom stereocenters. The molecule has 0 radical (unpaired) electrons. The number of ether oxygens (including phenoxy) is 1. The molecule has 1 aromatic rings. The topological polar surface area (TPSA) is 49.9 Å². The van der Waals surface area contributed by atoms with Crippen molar-refractivity contribution in [3.63, 3.8) is 0 Å². The fourth-order valence-electron chi connectivity index (χ4n) is 3.09. The first-order chi connectivity index (χ1) is 9.91. The van der Waals surface area contributed by atoms with Crippen LogP contribution in [0.25, 0.3) is 0 Å². The molecule has 0 saturated carbocycles. The van der Waals surface area contributed by atoms with Gasteiger partial charge in [0.05, 0.1) is 0 Å². The Bertz CT molecular complexity index is 572. The number of amides is 2. The Hall–Kier alpha value is -2.04. The minimum absolute atomic E-state index is 0.0300. The smallest absolute Gasteiger partial charge is 0.264 e. The number of benzene rings is 1. The Morgan fingerprint density at radius 1 is 1.29 bits per heavy atom. The standard InChI is InChI=1S/C16H20N2O3/c1-16(2)15(20)17(3)8-9-18(16)14(19)13-10-11-6-4-5-7-12(11)21-13/h4-7,13H,8-10H2,1-3H3. The number of rotatable bonds is 1. The average molecular weight is 288 g/mol. The quantitative estimate of drug-likeness (QED) is 0.776. The van der Waals surface area contributed by atoms with Crippen LogP contribution in [0.3, 0.4) is 0 Å². The molecule has 5 nitrogen and oxygen atoms in total. The van der Waals surface area contributed by atoms with Crippen molar-refractivity contribution >= 4 is 11.8 Å². The van der Waals surface area contributed by atoms with Crippen molar-refractivity contribution in [2.24, 2.45) is 0 Å². The van der Waals surface area contributed by atoms with Crippen LogP contribution in [0.2, 0.25) is 0 Å². The molecule has 2 heterocycles. The van der Waals surface area contributed by atoms with Gasteiger partial charge in [0.15, 0.2) is 6.10 Å². The van der Waals surface area contributed by atoms with E-state index in [0.717, 1.165) is 11.3 Å². The molecule has 1 saturated heterocycles. The summed E-state index contributed by atoms with van der Waals surface area (Å²) in [4.78, 5) is 28.4. The Morgan fingerprint density at radius 2 is 2.00 bits per heavy atom. The number of hydrogen-bond acceptors (Lipinski definition) is 3. The van der Waals surface area contributed by atoms with E-state index < -0.39 is 11.6 Å². The van der Waals surface area contributed by atoms with Gasteiger partial charge in [-0.25, -0.2) is 0 Å². The van der Waals surface area contributed by atoms with E-state index in [4.69, 9.17) is 4.74 Å².